The molecular formula is C11H17ClN2O4S. The second-order valence-corrected chi connectivity index (χ2v) is 6.18. The molecule has 1 aromatic carbocycles. The van der Waals surface area contributed by atoms with Crippen LogP contribution in [0, 0.1) is 6.92 Å². The molecule has 6 nitrogen and oxygen atoms in total. The van der Waals surface area contributed by atoms with Gasteiger partial charge in [0.05, 0.1) is 24.3 Å². The summed E-state index contributed by atoms with van der Waals surface area (Å²) in [6.45, 7) is 1.40. The highest BCUT2D eigenvalue weighted by atomic mass is 35.5. The van der Waals surface area contributed by atoms with Gasteiger partial charge < -0.3 is 15.6 Å². The molecule has 0 aromatic heterocycles. The van der Waals surface area contributed by atoms with Crippen LogP contribution in [0.5, 0.6) is 0 Å². The smallest absolute Gasteiger partial charge is 0.242 e. The fourth-order valence-corrected chi connectivity index (χ4v) is 3.31. The van der Waals surface area contributed by atoms with Crippen molar-refractivity contribution in [3.63, 3.8) is 0 Å². The van der Waals surface area contributed by atoms with Crippen molar-refractivity contribution in [1.82, 2.24) is 4.72 Å². The topological polar surface area (TPSA) is 102 Å². The van der Waals surface area contributed by atoms with Gasteiger partial charge in [-0.15, -0.1) is 0 Å². The number of anilines is 1. The van der Waals surface area contributed by atoms with Gasteiger partial charge in [-0.2, -0.15) is 0 Å². The minimum atomic E-state index is -3.87. The van der Waals surface area contributed by atoms with Crippen LogP contribution in [0.3, 0.4) is 0 Å². The number of aliphatic hydroxyl groups excluding tert-OH is 1. The molecule has 0 heterocycles. The van der Waals surface area contributed by atoms with Gasteiger partial charge >= 0.3 is 0 Å². The van der Waals surface area contributed by atoms with Gasteiger partial charge in [-0.05, 0) is 24.6 Å². The molecule has 8 heteroatoms. The van der Waals surface area contributed by atoms with E-state index < -0.39 is 16.1 Å². The van der Waals surface area contributed by atoms with Gasteiger partial charge in [0.15, 0.2) is 0 Å². The predicted molar refractivity (Wildman–Crippen MR) is 73.7 cm³/mol. The first-order valence-corrected chi connectivity index (χ1v) is 7.35. The molecule has 0 spiro atoms. The second-order valence-electron chi connectivity index (χ2n) is 4.10. The summed E-state index contributed by atoms with van der Waals surface area (Å²) < 4.78 is 31.4. The SMILES string of the molecule is COCC(CO)NS(=O)(=O)c1cc(N)c(C)cc1Cl. The molecule has 0 amide bonds. The Morgan fingerprint density at radius 1 is 1.53 bits per heavy atom. The third kappa shape index (κ3) is 4.05. The van der Waals surface area contributed by atoms with E-state index in [4.69, 9.17) is 27.2 Å². The molecular weight excluding hydrogens is 292 g/mol. The average Bonchev–Trinajstić information content (AvgIpc) is 2.32. The van der Waals surface area contributed by atoms with Crippen LogP contribution in [-0.2, 0) is 14.8 Å². The number of aliphatic hydroxyl groups is 1. The van der Waals surface area contributed by atoms with Gasteiger partial charge in [-0.25, -0.2) is 13.1 Å². The van der Waals surface area contributed by atoms with Crippen LogP contribution in [0.25, 0.3) is 0 Å². The Morgan fingerprint density at radius 2 is 2.16 bits per heavy atom. The van der Waals surface area contributed by atoms with Crippen molar-refractivity contribution in [2.75, 3.05) is 26.1 Å². The van der Waals surface area contributed by atoms with E-state index in [-0.39, 0.29) is 23.1 Å². The Labute approximate surface area is 117 Å². The van der Waals surface area contributed by atoms with Gasteiger partial charge in [-0.3, -0.25) is 0 Å². The average molecular weight is 309 g/mol. The lowest BCUT2D eigenvalue weighted by Gasteiger charge is -2.16. The summed E-state index contributed by atoms with van der Waals surface area (Å²) in [6.07, 6.45) is 0. The zero-order chi connectivity index (χ0) is 14.6. The third-order valence-corrected chi connectivity index (χ3v) is 4.51. The van der Waals surface area contributed by atoms with Crippen LogP contribution in [0.4, 0.5) is 5.69 Å². The molecule has 0 saturated carbocycles. The molecule has 0 aliphatic rings. The highest BCUT2D eigenvalue weighted by Gasteiger charge is 2.23. The number of benzene rings is 1. The number of nitrogens with two attached hydrogens (primary N) is 1. The number of hydrogen-bond acceptors (Lipinski definition) is 5. The zero-order valence-corrected chi connectivity index (χ0v) is 12.3. The van der Waals surface area contributed by atoms with E-state index in [1.54, 1.807) is 6.92 Å². The number of nitrogen functional groups attached to an aromatic ring is 1. The molecule has 1 atom stereocenters. The van der Waals surface area contributed by atoms with E-state index in [1.807, 2.05) is 0 Å². The number of nitrogens with one attached hydrogen (secondary N) is 1. The van der Waals surface area contributed by atoms with Crippen LogP contribution in [0.2, 0.25) is 5.02 Å². The summed E-state index contributed by atoms with van der Waals surface area (Å²) in [4.78, 5) is -0.119. The standard InChI is InChI=1S/C11H17ClN2O4S/c1-7-3-9(12)11(4-10(7)13)19(16,17)14-8(5-15)6-18-2/h3-4,8,14-15H,5-6,13H2,1-2H3. The van der Waals surface area contributed by atoms with Crippen molar-refractivity contribution >= 4 is 27.3 Å². The lowest BCUT2D eigenvalue weighted by Crippen LogP contribution is -2.40. The van der Waals surface area contributed by atoms with Crippen LogP contribution in [-0.4, -0.2) is 39.9 Å². The molecule has 0 aliphatic heterocycles. The van der Waals surface area contributed by atoms with Crippen molar-refractivity contribution in [2.45, 2.75) is 17.9 Å². The van der Waals surface area contributed by atoms with Gasteiger partial charge in [0, 0.05) is 12.8 Å². The fraction of sp³-hybridized carbons (Fsp3) is 0.455. The highest BCUT2D eigenvalue weighted by Crippen LogP contribution is 2.26. The first kappa shape index (κ1) is 16.2. The number of halogens is 1. The Hall–Kier alpha value is -0.860. The lowest BCUT2D eigenvalue weighted by molar-refractivity contribution is 0.139. The summed E-state index contributed by atoms with van der Waals surface area (Å²) in [5, 5.41) is 9.15. The largest absolute Gasteiger partial charge is 0.398 e. The van der Waals surface area contributed by atoms with E-state index in [0.717, 1.165) is 0 Å². The van der Waals surface area contributed by atoms with Crippen molar-refractivity contribution in [1.29, 1.82) is 0 Å². The van der Waals surface area contributed by atoms with Crippen LogP contribution < -0.4 is 10.5 Å². The molecule has 1 aromatic rings. The van der Waals surface area contributed by atoms with E-state index in [1.165, 1.54) is 19.2 Å². The van der Waals surface area contributed by atoms with Gasteiger partial charge in [-0.1, -0.05) is 11.6 Å². The quantitative estimate of drug-likeness (QED) is 0.665. The molecule has 0 bridgehead atoms. The molecule has 0 saturated heterocycles. The normalized spacial score (nSPS) is 13.5. The summed E-state index contributed by atoms with van der Waals surface area (Å²) in [5.74, 6) is 0. The number of aryl methyl sites for hydroxylation is 1. The van der Waals surface area contributed by atoms with Crippen molar-refractivity contribution in [2.24, 2.45) is 0 Å². The molecule has 1 unspecified atom stereocenters. The Morgan fingerprint density at radius 3 is 2.68 bits per heavy atom. The molecule has 19 heavy (non-hydrogen) atoms. The van der Waals surface area contributed by atoms with E-state index >= 15 is 0 Å². The van der Waals surface area contributed by atoms with Crippen molar-refractivity contribution in [3.05, 3.63) is 22.7 Å². The van der Waals surface area contributed by atoms with Crippen LogP contribution >= 0.6 is 11.6 Å². The first-order chi connectivity index (χ1) is 8.81. The number of rotatable bonds is 6. The molecule has 0 aliphatic carbocycles. The monoisotopic (exact) mass is 308 g/mol. The van der Waals surface area contributed by atoms with Crippen LogP contribution in [0.15, 0.2) is 17.0 Å². The van der Waals surface area contributed by atoms with Gasteiger partial charge in [0.2, 0.25) is 10.0 Å². The maximum atomic E-state index is 12.1. The van der Waals surface area contributed by atoms with E-state index in [9.17, 15) is 8.42 Å². The molecule has 4 N–H and O–H groups in total. The number of hydrogen-bond donors (Lipinski definition) is 3. The van der Waals surface area contributed by atoms with Crippen molar-refractivity contribution in [3.8, 4) is 0 Å². The maximum Gasteiger partial charge on any atom is 0.242 e. The fourth-order valence-electron chi connectivity index (χ4n) is 1.48. The second kappa shape index (κ2) is 6.53. The summed E-state index contributed by atoms with van der Waals surface area (Å²) in [6, 6.07) is 2.03. The predicted octanol–water partition coefficient (Wildman–Crippen LogP) is 0.516. The molecule has 0 radical (unpaired) electrons. The number of methoxy groups -OCH3 is 1. The summed E-state index contributed by atoms with van der Waals surface area (Å²) in [5.41, 5.74) is 6.71. The minimum Gasteiger partial charge on any atom is -0.398 e. The Balaban J connectivity index is 3.10. The van der Waals surface area contributed by atoms with E-state index in [0.29, 0.717) is 11.3 Å². The highest BCUT2D eigenvalue weighted by molar-refractivity contribution is 7.89. The van der Waals surface area contributed by atoms with Gasteiger partial charge in [0.1, 0.15) is 4.90 Å². The number of ether oxygens (including phenoxy) is 1. The minimum absolute atomic E-state index is 0.0503. The number of sulfonamides is 1. The Bertz CT molecular complexity index is 548. The van der Waals surface area contributed by atoms with Crippen molar-refractivity contribution < 1.29 is 18.3 Å². The molecule has 108 valence electrons. The maximum absolute atomic E-state index is 12.1. The zero-order valence-electron chi connectivity index (χ0n) is 10.7. The summed E-state index contributed by atoms with van der Waals surface area (Å²) in [7, 11) is -2.46. The first-order valence-electron chi connectivity index (χ1n) is 5.49. The third-order valence-electron chi connectivity index (χ3n) is 2.52. The van der Waals surface area contributed by atoms with Crippen LogP contribution in [0.1, 0.15) is 5.56 Å². The Kier molecular flexibility index (Phi) is 5.57. The molecule has 0 fully saturated rings. The summed E-state index contributed by atoms with van der Waals surface area (Å²) >= 11 is 5.92. The lowest BCUT2D eigenvalue weighted by atomic mass is 10.2. The molecule has 1 rings (SSSR count). The van der Waals surface area contributed by atoms with Gasteiger partial charge in [0.25, 0.3) is 0 Å². The van der Waals surface area contributed by atoms with E-state index in [2.05, 4.69) is 4.72 Å².